The van der Waals surface area contributed by atoms with Crippen LogP contribution in [0.25, 0.3) is 42.4 Å². The summed E-state index contributed by atoms with van der Waals surface area (Å²) in [6.07, 6.45) is 9.53. The fraction of sp³-hybridized carbons (Fsp3) is 0.333. The first-order valence-corrected chi connectivity index (χ1v) is 22.2. The number of fused-ring (bicyclic) bond motifs is 7. The molecule has 0 atom stereocenters. The van der Waals surface area contributed by atoms with Gasteiger partial charge in [-0.15, -0.1) is 11.3 Å². The van der Waals surface area contributed by atoms with Crippen molar-refractivity contribution in [1.29, 1.82) is 0 Å². The molecule has 4 bridgehead atoms. The van der Waals surface area contributed by atoms with Crippen LogP contribution in [0.4, 0.5) is 17.1 Å². The molecule has 13 rings (SSSR count). The van der Waals surface area contributed by atoms with Crippen LogP contribution >= 0.6 is 11.3 Å². The van der Waals surface area contributed by atoms with Gasteiger partial charge in [-0.25, -0.2) is 0 Å². The van der Waals surface area contributed by atoms with Crippen molar-refractivity contribution < 1.29 is 0 Å². The van der Waals surface area contributed by atoms with Crippen molar-refractivity contribution in [2.45, 2.75) is 88.9 Å². The Kier molecular flexibility index (Phi) is 6.99. The number of benzene rings is 6. The molecule has 4 fully saturated rings. The summed E-state index contributed by atoms with van der Waals surface area (Å²) in [5.74, 6) is 3.33. The summed E-state index contributed by atoms with van der Waals surface area (Å²) >= 11 is 1.93. The highest BCUT2D eigenvalue weighted by molar-refractivity contribution is 7.26. The standard InChI is InChI=1S/C54H51NS/c1-52(2)24-25-53(3,4)48-31-36(18-23-46(48)52)35-16-19-39(20-17-35)55(49-14-9-12-44-43-11-6-8-15-50(43)56-51(44)49)40-21-22-42-41-10-5-7-13-45(41)54(47(42)32-40)37-27-33-26-34(29-37)30-38(54)28-33/h5-23,31-34,37-38H,24-30H2,1-4H3. The SMILES string of the molecule is CC1(C)CCC(C)(C)c2cc(-c3ccc(N(c4ccc5c(c4)C4(c6ccccc6-5)C5CC6CC(C5)CC4C6)c4cccc5c4sc4ccccc45)cc3)ccc21. The number of thiophene rings is 1. The Morgan fingerprint density at radius 2 is 1.14 bits per heavy atom. The first-order valence-electron chi connectivity index (χ1n) is 21.4. The molecule has 0 radical (unpaired) electrons. The van der Waals surface area contributed by atoms with Gasteiger partial charge in [0.1, 0.15) is 0 Å². The first kappa shape index (κ1) is 33.5. The average Bonchev–Trinajstić information content (AvgIpc) is 3.73. The molecule has 4 saturated carbocycles. The Labute approximate surface area is 336 Å². The molecular weight excluding hydrogens is 695 g/mol. The van der Waals surface area contributed by atoms with E-state index in [2.05, 4.69) is 160 Å². The van der Waals surface area contributed by atoms with Gasteiger partial charge in [0.25, 0.3) is 0 Å². The second-order valence-electron chi connectivity index (χ2n) is 19.6. The summed E-state index contributed by atoms with van der Waals surface area (Å²) < 4.78 is 2.70. The topological polar surface area (TPSA) is 3.24 Å². The van der Waals surface area contributed by atoms with E-state index < -0.39 is 0 Å². The maximum atomic E-state index is 2.66. The minimum Gasteiger partial charge on any atom is -0.309 e. The number of hydrogen-bond acceptors (Lipinski definition) is 2. The Bertz CT molecular complexity index is 2700. The molecular formula is C54H51NS. The maximum absolute atomic E-state index is 2.66. The maximum Gasteiger partial charge on any atom is 0.0640 e. The monoisotopic (exact) mass is 745 g/mol. The molecule has 278 valence electrons. The zero-order chi connectivity index (χ0) is 37.6. The third kappa shape index (κ3) is 4.60. The molecule has 1 heterocycles. The van der Waals surface area contributed by atoms with Crippen molar-refractivity contribution in [3.63, 3.8) is 0 Å². The van der Waals surface area contributed by atoms with E-state index in [1.54, 1.807) is 11.1 Å². The molecule has 0 aliphatic heterocycles. The Hall–Kier alpha value is -4.66. The van der Waals surface area contributed by atoms with Crippen LogP contribution in [0.15, 0.2) is 127 Å². The minimum atomic E-state index is 0.128. The van der Waals surface area contributed by atoms with E-state index in [-0.39, 0.29) is 16.2 Å². The molecule has 56 heavy (non-hydrogen) atoms. The first-order chi connectivity index (χ1) is 27.2. The molecule has 2 heteroatoms. The van der Waals surface area contributed by atoms with Gasteiger partial charge in [-0.3, -0.25) is 0 Å². The molecule has 1 nitrogen and oxygen atoms in total. The molecule has 0 N–H and O–H groups in total. The van der Waals surface area contributed by atoms with Crippen LogP contribution in [-0.2, 0) is 16.2 Å². The highest BCUT2D eigenvalue weighted by Gasteiger charge is 2.61. The number of anilines is 3. The van der Waals surface area contributed by atoms with E-state index in [0.717, 1.165) is 23.7 Å². The van der Waals surface area contributed by atoms with Gasteiger partial charge in [0.2, 0.25) is 0 Å². The molecule has 1 aromatic heterocycles. The van der Waals surface area contributed by atoms with Crippen LogP contribution in [0.5, 0.6) is 0 Å². The second kappa shape index (κ2) is 11.7. The Balaban J connectivity index is 1.04. The van der Waals surface area contributed by atoms with Gasteiger partial charge in [-0.05, 0) is 160 Å². The molecule has 0 unspecified atom stereocenters. The zero-order valence-corrected chi connectivity index (χ0v) is 34.1. The van der Waals surface area contributed by atoms with Crippen molar-refractivity contribution in [2.75, 3.05) is 4.90 Å². The lowest BCUT2D eigenvalue weighted by Gasteiger charge is -2.61. The van der Waals surface area contributed by atoms with E-state index >= 15 is 0 Å². The number of nitrogens with zero attached hydrogens (tertiary/aromatic N) is 1. The van der Waals surface area contributed by atoms with Gasteiger partial charge in [-0.2, -0.15) is 0 Å². The van der Waals surface area contributed by atoms with Crippen LogP contribution in [-0.4, -0.2) is 0 Å². The molecule has 7 aromatic rings. The average molecular weight is 746 g/mol. The fourth-order valence-corrected chi connectivity index (χ4v) is 14.4. The van der Waals surface area contributed by atoms with Crippen LogP contribution in [0.1, 0.15) is 94.9 Å². The van der Waals surface area contributed by atoms with Gasteiger partial charge >= 0.3 is 0 Å². The molecule has 0 amide bonds. The Morgan fingerprint density at radius 1 is 0.500 bits per heavy atom. The molecule has 1 spiro atoms. The summed E-state index contributed by atoms with van der Waals surface area (Å²) in [5.41, 5.74) is 16.1. The van der Waals surface area contributed by atoms with E-state index in [9.17, 15) is 0 Å². The third-order valence-corrected chi connectivity index (χ3v) is 16.9. The van der Waals surface area contributed by atoms with Crippen molar-refractivity contribution in [3.8, 4) is 22.3 Å². The van der Waals surface area contributed by atoms with E-state index in [0.29, 0.717) is 0 Å². The minimum absolute atomic E-state index is 0.128. The van der Waals surface area contributed by atoms with Crippen LogP contribution < -0.4 is 4.90 Å². The van der Waals surface area contributed by atoms with E-state index in [4.69, 9.17) is 0 Å². The normalized spacial score (nSPS) is 26.1. The van der Waals surface area contributed by atoms with Gasteiger partial charge in [0, 0.05) is 32.3 Å². The number of rotatable bonds is 4. The van der Waals surface area contributed by atoms with Gasteiger partial charge in [0.05, 0.1) is 10.4 Å². The largest absolute Gasteiger partial charge is 0.309 e. The lowest BCUT2D eigenvalue weighted by Crippen LogP contribution is -2.55. The predicted molar refractivity (Wildman–Crippen MR) is 238 cm³/mol. The summed E-state index contributed by atoms with van der Waals surface area (Å²) in [4.78, 5) is 2.59. The smallest absolute Gasteiger partial charge is 0.0640 e. The summed E-state index contributed by atoms with van der Waals surface area (Å²) in [6, 6.07) is 49.8. The molecule has 6 aromatic carbocycles. The van der Waals surface area contributed by atoms with Crippen molar-refractivity contribution in [3.05, 3.63) is 150 Å². The fourth-order valence-electron chi connectivity index (χ4n) is 13.2. The van der Waals surface area contributed by atoms with Gasteiger partial charge in [0.15, 0.2) is 0 Å². The van der Waals surface area contributed by atoms with E-state index in [1.807, 2.05) is 11.3 Å². The molecule has 6 aliphatic rings. The van der Waals surface area contributed by atoms with E-state index in [1.165, 1.54) is 116 Å². The van der Waals surface area contributed by atoms with Crippen LogP contribution in [0.3, 0.4) is 0 Å². The van der Waals surface area contributed by atoms with Crippen molar-refractivity contribution in [1.82, 2.24) is 0 Å². The lowest BCUT2D eigenvalue weighted by atomic mass is 9.43. The predicted octanol–water partition coefficient (Wildman–Crippen LogP) is 15.3. The van der Waals surface area contributed by atoms with Gasteiger partial charge in [-0.1, -0.05) is 119 Å². The Morgan fingerprint density at radius 3 is 1.93 bits per heavy atom. The van der Waals surface area contributed by atoms with Crippen LogP contribution in [0.2, 0.25) is 0 Å². The summed E-state index contributed by atoms with van der Waals surface area (Å²) in [6.45, 7) is 9.71. The lowest BCUT2D eigenvalue weighted by molar-refractivity contribution is -0.0399. The zero-order valence-electron chi connectivity index (χ0n) is 33.2. The second-order valence-corrected chi connectivity index (χ2v) is 20.7. The van der Waals surface area contributed by atoms with Crippen molar-refractivity contribution in [2.24, 2.45) is 23.7 Å². The highest BCUT2D eigenvalue weighted by atomic mass is 32.1. The van der Waals surface area contributed by atoms with Gasteiger partial charge < -0.3 is 4.90 Å². The highest BCUT2D eigenvalue weighted by Crippen LogP contribution is 2.69. The summed E-state index contributed by atoms with van der Waals surface area (Å²) in [7, 11) is 0. The molecule has 0 saturated heterocycles. The number of hydrogen-bond donors (Lipinski definition) is 0. The molecule has 6 aliphatic carbocycles. The van der Waals surface area contributed by atoms with Crippen LogP contribution in [0, 0.1) is 23.7 Å². The van der Waals surface area contributed by atoms with Crippen molar-refractivity contribution >= 4 is 48.6 Å². The quantitative estimate of drug-likeness (QED) is 0.173. The third-order valence-electron chi connectivity index (χ3n) is 15.7. The summed E-state index contributed by atoms with van der Waals surface area (Å²) in [5, 5.41) is 2.69.